The summed E-state index contributed by atoms with van der Waals surface area (Å²) in [7, 11) is 1.50. The third-order valence-corrected chi connectivity index (χ3v) is 2.93. The molecule has 0 heterocycles. The fraction of sp³-hybridized carbons (Fsp3) is 0.533. The molecule has 0 atom stereocenters. The van der Waals surface area contributed by atoms with Crippen molar-refractivity contribution in [3.63, 3.8) is 0 Å². The molecule has 0 aromatic heterocycles. The van der Waals surface area contributed by atoms with E-state index in [0.717, 1.165) is 6.42 Å². The van der Waals surface area contributed by atoms with Crippen molar-refractivity contribution in [3.8, 4) is 11.5 Å². The first kappa shape index (κ1) is 21.7. The van der Waals surface area contributed by atoms with Crippen molar-refractivity contribution < 1.29 is 18.3 Å². The molecule has 5 nitrogen and oxygen atoms in total. The van der Waals surface area contributed by atoms with Crippen molar-refractivity contribution in [1.82, 2.24) is 5.32 Å². The van der Waals surface area contributed by atoms with Gasteiger partial charge in [-0.1, -0.05) is 13.8 Å². The Balaban J connectivity index is 0.00000484. The van der Waals surface area contributed by atoms with E-state index in [0.29, 0.717) is 23.8 Å². The number of nitrogens with two attached hydrogens (primary N) is 1. The minimum Gasteiger partial charge on any atom is -0.497 e. The first-order chi connectivity index (χ1) is 10.4. The molecular weight excluding hydrogens is 419 g/mol. The summed E-state index contributed by atoms with van der Waals surface area (Å²) in [6.07, 6.45) is 0.967. The predicted molar refractivity (Wildman–Crippen MR) is 97.8 cm³/mol. The molecule has 1 aromatic rings. The fourth-order valence-electron chi connectivity index (χ4n) is 1.73. The van der Waals surface area contributed by atoms with E-state index in [2.05, 4.69) is 28.9 Å². The number of hydrogen-bond donors (Lipinski definition) is 2. The standard InChI is InChI=1S/C15H23F2N3O2.HI/c1-10(2)6-7-19-15(18)20-9-11-8-12(21-3)4-5-13(11)22-14(16)17;/h4-5,8,10,14H,6-7,9H2,1-3H3,(H3,18,19,20);1H. The SMILES string of the molecule is COc1ccc(OC(F)F)c(CN=C(N)NCCC(C)C)c1.I. The van der Waals surface area contributed by atoms with E-state index in [1.165, 1.54) is 13.2 Å². The lowest BCUT2D eigenvalue weighted by molar-refractivity contribution is -0.0504. The van der Waals surface area contributed by atoms with Crippen LogP contribution in [0.25, 0.3) is 0 Å². The maximum Gasteiger partial charge on any atom is 0.387 e. The van der Waals surface area contributed by atoms with Gasteiger partial charge in [0.05, 0.1) is 13.7 Å². The zero-order valence-electron chi connectivity index (χ0n) is 13.5. The Bertz CT molecular complexity index is 500. The van der Waals surface area contributed by atoms with Gasteiger partial charge in [0, 0.05) is 12.1 Å². The predicted octanol–water partition coefficient (Wildman–Crippen LogP) is 3.37. The maximum absolute atomic E-state index is 12.4. The van der Waals surface area contributed by atoms with Crippen LogP contribution in [-0.4, -0.2) is 26.2 Å². The van der Waals surface area contributed by atoms with Gasteiger partial charge in [-0.3, -0.25) is 0 Å². The number of halogens is 3. The van der Waals surface area contributed by atoms with Crippen LogP contribution >= 0.6 is 24.0 Å². The molecule has 0 aliphatic rings. The summed E-state index contributed by atoms with van der Waals surface area (Å²) in [4.78, 5) is 4.14. The monoisotopic (exact) mass is 443 g/mol. The minimum atomic E-state index is -2.89. The van der Waals surface area contributed by atoms with E-state index >= 15 is 0 Å². The third kappa shape index (κ3) is 8.77. The Hall–Kier alpha value is -1.32. The van der Waals surface area contributed by atoms with Gasteiger partial charge >= 0.3 is 6.61 Å². The number of alkyl halides is 2. The molecule has 3 N–H and O–H groups in total. The Morgan fingerprint density at radius 3 is 2.61 bits per heavy atom. The first-order valence-corrected chi connectivity index (χ1v) is 7.08. The number of rotatable bonds is 8. The van der Waals surface area contributed by atoms with E-state index in [-0.39, 0.29) is 42.2 Å². The Labute approximate surface area is 152 Å². The molecule has 0 fully saturated rings. The molecule has 0 bridgehead atoms. The van der Waals surface area contributed by atoms with Crippen LogP contribution in [0, 0.1) is 5.92 Å². The molecule has 132 valence electrons. The van der Waals surface area contributed by atoms with Crippen LogP contribution in [0.4, 0.5) is 8.78 Å². The van der Waals surface area contributed by atoms with Crippen LogP contribution in [0.1, 0.15) is 25.8 Å². The Kier molecular flexibility index (Phi) is 10.6. The summed E-state index contributed by atoms with van der Waals surface area (Å²) in [5.41, 5.74) is 6.23. The second-order valence-corrected chi connectivity index (χ2v) is 5.16. The number of hydrogen-bond acceptors (Lipinski definition) is 3. The van der Waals surface area contributed by atoms with Crippen molar-refractivity contribution >= 4 is 29.9 Å². The highest BCUT2D eigenvalue weighted by molar-refractivity contribution is 14.0. The molecule has 0 radical (unpaired) electrons. The lowest BCUT2D eigenvalue weighted by atomic mass is 10.1. The number of methoxy groups -OCH3 is 1. The Morgan fingerprint density at radius 1 is 1.35 bits per heavy atom. The second kappa shape index (κ2) is 11.3. The van der Waals surface area contributed by atoms with Gasteiger partial charge in [-0.15, -0.1) is 24.0 Å². The molecule has 1 aromatic carbocycles. The summed E-state index contributed by atoms with van der Waals surface area (Å²) < 4.78 is 34.3. The first-order valence-electron chi connectivity index (χ1n) is 7.08. The van der Waals surface area contributed by atoms with E-state index in [1.807, 2.05) is 0 Å². The summed E-state index contributed by atoms with van der Waals surface area (Å²) >= 11 is 0. The highest BCUT2D eigenvalue weighted by atomic mass is 127. The molecule has 1 rings (SSSR count). The molecule has 8 heteroatoms. The minimum absolute atomic E-state index is 0. The summed E-state index contributed by atoms with van der Waals surface area (Å²) in [5.74, 6) is 1.43. The van der Waals surface area contributed by atoms with Gasteiger partial charge in [0.15, 0.2) is 5.96 Å². The van der Waals surface area contributed by atoms with E-state index in [1.54, 1.807) is 12.1 Å². The van der Waals surface area contributed by atoms with E-state index in [9.17, 15) is 8.78 Å². The average molecular weight is 443 g/mol. The van der Waals surface area contributed by atoms with Gasteiger partial charge in [-0.05, 0) is 30.5 Å². The van der Waals surface area contributed by atoms with Gasteiger partial charge in [0.25, 0.3) is 0 Å². The second-order valence-electron chi connectivity index (χ2n) is 5.16. The Morgan fingerprint density at radius 2 is 2.04 bits per heavy atom. The smallest absolute Gasteiger partial charge is 0.387 e. The normalized spacial score (nSPS) is 11.3. The van der Waals surface area contributed by atoms with Crippen molar-refractivity contribution in [2.45, 2.75) is 33.4 Å². The number of guanidine groups is 1. The molecule has 0 amide bonds. The van der Waals surface area contributed by atoms with Crippen LogP contribution in [0.2, 0.25) is 0 Å². The number of benzene rings is 1. The zero-order chi connectivity index (χ0) is 16.5. The van der Waals surface area contributed by atoms with Gasteiger partial charge in [0.1, 0.15) is 11.5 Å². The van der Waals surface area contributed by atoms with Crippen molar-refractivity contribution in [1.29, 1.82) is 0 Å². The molecule has 0 saturated carbocycles. The van der Waals surface area contributed by atoms with Gasteiger partial charge in [-0.2, -0.15) is 8.78 Å². The van der Waals surface area contributed by atoms with Gasteiger partial charge in [-0.25, -0.2) is 4.99 Å². The van der Waals surface area contributed by atoms with Crippen LogP contribution in [0.15, 0.2) is 23.2 Å². The number of ether oxygens (including phenoxy) is 2. The number of nitrogens with zero attached hydrogens (tertiary/aromatic N) is 1. The summed E-state index contributed by atoms with van der Waals surface area (Å²) in [5, 5.41) is 2.98. The summed E-state index contributed by atoms with van der Waals surface area (Å²) in [6, 6.07) is 4.58. The van der Waals surface area contributed by atoms with Crippen LogP contribution in [0.5, 0.6) is 11.5 Å². The largest absolute Gasteiger partial charge is 0.497 e. The van der Waals surface area contributed by atoms with Crippen LogP contribution in [-0.2, 0) is 6.54 Å². The third-order valence-electron chi connectivity index (χ3n) is 2.93. The quantitative estimate of drug-likeness (QED) is 0.368. The lowest BCUT2D eigenvalue weighted by Gasteiger charge is -2.12. The molecule has 23 heavy (non-hydrogen) atoms. The highest BCUT2D eigenvalue weighted by Gasteiger charge is 2.10. The molecule has 0 unspecified atom stereocenters. The van der Waals surface area contributed by atoms with Crippen molar-refractivity contribution in [2.24, 2.45) is 16.6 Å². The average Bonchev–Trinajstić information content (AvgIpc) is 2.45. The zero-order valence-corrected chi connectivity index (χ0v) is 15.8. The highest BCUT2D eigenvalue weighted by Crippen LogP contribution is 2.26. The summed E-state index contributed by atoms with van der Waals surface area (Å²) in [6.45, 7) is 2.17. The van der Waals surface area contributed by atoms with Gasteiger partial charge < -0.3 is 20.5 Å². The molecule has 0 aliphatic heterocycles. The maximum atomic E-state index is 12.4. The number of aliphatic imine (C=N–C) groups is 1. The van der Waals surface area contributed by atoms with E-state index < -0.39 is 6.61 Å². The van der Waals surface area contributed by atoms with Crippen molar-refractivity contribution in [2.75, 3.05) is 13.7 Å². The molecule has 0 saturated heterocycles. The topological polar surface area (TPSA) is 68.9 Å². The molecule has 0 aliphatic carbocycles. The lowest BCUT2D eigenvalue weighted by Crippen LogP contribution is -2.32. The molecular formula is C15H24F2IN3O2. The number of nitrogens with one attached hydrogen (secondary N) is 1. The van der Waals surface area contributed by atoms with E-state index in [4.69, 9.17) is 10.5 Å². The fourth-order valence-corrected chi connectivity index (χ4v) is 1.73. The van der Waals surface area contributed by atoms with Gasteiger partial charge in [0.2, 0.25) is 0 Å². The molecule has 0 spiro atoms. The van der Waals surface area contributed by atoms with Crippen LogP contribution in [0.3, 0.4) is 0 Å². The van der Waals surface area contributed by atoms with Crippen molar-refractivity contribution in [3.05, 3.63) is 23.8 Å². The van der Waals surface area contributed by atoms with Crippen LogP contribution < -0.4 is 20.5 Å².